The molecule has 3 fully saturated rings. The van der Waals surface area contributed by atoms with Crippen molar-refractivity contribution < 1.29 is 24.0 Å². The van der Waals surface area contributed by atoms with Crippen LogP contribution in [0.4, 0.5) is 17.1 Å². The van der Waals surface area contributed by atoms with Crippen molar-refractivity contribution in [1.82, 2.24) is 10.6 Å². The Balaban J connectivity index is 1.84. The zero-order chi connectivity index (χ0) is 22.0. The molecule has 3 saturated heterocycles. The number of amides is 2. The molecule has 0 spiro atoms. The molecule has 164 valence electrons. The molecule has 12 heteroatoms. The standard InChI is InChI=1S/C19H21N5O6S/c25-17-13(18(26)21-19(31)20-17)9-12-10-16(24(27)28)15(23-3-7-30-8-4-23)11-14(12)22-1-5-29-6-2-22/h9-11H,1-8H2,(H2,20,21,25,26,31). The number of nitro groups is 1. The molecular formula is C19H21N5O6S. The van der Waals surface area contributed by atoms with E-state index in [-0.39, 0.29) is 16.4 Å². The van der Waals surface area contributed by atoms with Crippen molar-refractivity contribution in [3.63, 3.8) is 0 Å². The number of carbonyl (C=O) groups is 2. The van der Waals surface area contributed by atoms with Crippen LogP contribution in [0.3, 0.4) is 0 Å². The zero-order valence-electron chi connectivity index (χ0n) is 16.6. The molecule has 1 aromatic rings. The van der Waals surface area contributed by atoms with Gasteiger partial charge in [0.25, 0.3) is 17.5 Å². The number of nitrogens with one attached hydrogen (secondary N) is 2. The molecule has 4 rings (SSSR count). The Bertz CT molecular complexity index is 947. The summed E-state index contributed by atoms with van der Waals surface area (Å²) in [5, 5.41) is 16.6. The Kier molecular flexibility index (Phi) is 6.11. The number of thiocarbonyl (C=S) groups is 1. The normalized spacial score (nSPS) is 19.7. The van der Waals surface area contributed by atoms with Crippen molar-refractivity contribution in [3.05, 3.63) is 33.4 Å². The van der Waals surface area contributed by atoms with Crippen molar-refractivity contribution in [3.8, 4) is 0 Å². The minimum absolute atomic E-state index is 0.0748. The molecule has 31 heavy (non-hydrogen) atoms. The van der Waals surface area contributed by atoms with Gasteiger partial charge >= 0.3 is 0 Å². The number of carbonyl (C=O) groups excluding carboxylic acids is 2. The van der Waals surface area contributed by atoms with Crippen LogP contribution < -0.4 is 20.4 Å². The van der Waals surface area contributed by atoms with E-state index < -0.39 is 16.7 Å². The Hall–Kier alpha value is -3.09. The van der Waals surface area contributed by atoms with E-state index >= 15 is 0 Å². The van der Waals surface area contributed by atoms with E-state index in [1.807, 2.05) is 9.80 Å². The number of anilines is 2. The summed E-state index contributed by atoms with van der Waals surface area (Å²) >= 11 is 4.83. The van der Waals surface area contributed by atoms with Crippen molar-refractivity contribution in [2.24, 2.45) is 0 Å². The van der Waals surface area contributed by atoms with Crippen molar-refractivity contribution in [2.45, 2.75) is 0 Å². The minimum atomic E-state index is -0.651. The summed E-state index contributed by atoms with van der Waals surface area (Å²) in [5.41, 5.74) is 1.31. The van der Waals surface area contributed by atoms with Gasteiger partial charge < -0.3 is 19.3 Å². The maximum absolute atomic E-state index is 12.3. The fourth-order valence-corrected chi connectivity index (χ4v) is 3.93. The van der Waals surface area contributed by atoms with Crippen molar-refractivity contribution in [2.75, 3.05) is 62.4 Å². The van der Waals surface area contributed by atoms with E-state index in [2.05, 4.69) is 10.6 Å². The third kappa shape index (κ3) is 4.50. The predicted molar refractivity (Wildman–Crippen MR) is 116 cm³/mol. The number of rotatable bonds is 4. The van der Waals surface area contributed by atoms with Crippen molar-refractivity contribution in [1.29, 1.82) is 0 Å². The molecule has 3 aliphatic rings. The Morgan fingerprint density at radius 2 is 1.45 bits per heavy atom. The average molecular weight is 447 g/mol. The Morgan fingerprint density at radius 1 is 0.935 bits per heavy atom. The van der Waals surface area contributed by atoms with Gasteiger partial charge in [0, 0.05) is 43.5 Å². The van der Waals surface area contributed by atoms with Gasteiger partial charge in [-0.15, -0.1) is 0 Å². The van der Waals surface area contributed by atoms with Gasteiger partial charge in [-0.05, 0) is 24.4 Å². The quantitative estimate of drug-likeness (QED) is 0.219. The first-order valence-corrected chi connectivity index (χ1v) is 10.2. The number of nitro benzene ring substituents is 1. The highest BCUT2D eigenvalue weighted by Gasteiger charge is 2.29. The molecule has 3 heterocycles. The molecular weight excluding hydrogens is 426 g/mol. The average Bonchev–Trinajstić information content (AvgIpc) is 2.77. The smallest absolute Gasteiger partial charge is 0.293 e. The van der Waals surface area contributed by atoms with Crippen LogP contribution in [0.15, 0.2) is 17.7 Å². The lowest BCUT2D eigenvalue weighted by molar-refractivity contribution is -0.384. The molecule has 0 unspecified atom stereocenters. The van der Waals surface area contributed by atoms with Crippen LogP contribution in [0.1, 0.15) is 5.56 Å². The fraction of sp³-hybridized carbons (Fsp3) is 0.421. The highest BCUT2D eigenvalue weighted by atomic mass is 32.1. The monoisotopic (exact) mass is 447 g/mol. The first-order valence-electron chi connectivity index (χ1n) is 9.80. The first-order chi connectivity index (χ1) is 14.9. The fourth-order valence-electron chi connectivity index (χ4n) is 3.74. The van der Waals surface area contributed by atoms with Gasteiger partial charge in [-0.1, -0.05) is 0 Å². The van der Waals surface area contributed by atoms with Gasteiger partial charge in [-0.2, -0.15) is 0 Å². The highest BCUT2D eigenvalue weighted by molar-refractivity contribution is 7.80. The molecule has 0 atom stereocenters. The van der Waals surface area contributed by atoms with E-state index in [1.54, 1.807) is 6.07 Å². The second-order valence-electron chi connectivity index (χ2n) is 7.15. The SMILES string of the molecule is O=C1NC(=S)NC(=O)C1=Cc1cc([N+](=O)[O-])c(N2CCOCC2)cc1N1CCOCC1. The number of morpholine rings is 2. The lowest BCUT2D eigenvalue weighted by Crippen LogP contribution is -2.51. The highest BCUT2D eigenvalue weighted by Crippen LogP contribution is 2.37. The number of benzene rings is 1. The Labute approximate surface area is 183 Å². The van der Waals surface area contributed by atoms with E-state index in [0.29, 0.717) is 69.5 Å². The van der Waals surface area contributed by atoms with Crippen LogP contribution in [0.5, 0.6) is 0 Å². The molecule has 0 aliphatic carbocycles. The predicted octanol–water partition coefficient (Wildman–Crippen LogP) is 0.182. The molecule has 1 aromatic carbocycles. The zero-order valence-corrected chi connectivity index (χ0v) is 17.4. The van der Waals surface area contributed by atoms with Crippen LogP contribution in [-0.2, 0) is 19.1 Å². The molecule has 0 radical (unpaired) electrons. The van der Waals surface area contributed by atoms with Gasteiger partial charge in [-0.3, -0.25) is 30.3 Å². The van der Waals surface area contributed by atoms with Crippen LogP contribution in [0, 0.1) is 10.1 Å². The number of nitrogens with zero attached hydrogens (tertiary/aromatic N) is 3. The maximum Gasteiger partial charge on any atom is 0.293 e. The molecule has 2 amide bonds. The minimum Gasteiger partial charge on any atom is -0.378 e. The summed E-state index contributed by atoms with van der Waals surface area (Å²) in [6.07, 6.45) is 1.37. The van der Waals surface area contributed by atoms with Crippen molar-refractivity contribution >= 4 is 52.3 Å². The summed E-state index contributed by atoms with van der Waals surface area (Å²) in [4.78, 5) is 40.0. The summed E-state index contributed by atoms with van der Waals surface area (Å²) in [7, 11) is 0. The van der Waals surface area contributed by atoms with E-state index in [9.17, 15) is 19.7 Å². The molecule has 2 N–H and O–H groups in total. The van der Waals surface area contributed by atoms with Crippen LogP contribution >= 0.6 is 12.2 Å². The van der Waals surface area contributed by atoms with Crippen LogP contribution in [-0.4, -0.2) is 74.5 Å². The van der Waals surface area contributed by atoms with Gasteiger partial charge in [0.2, 0.25) is 0 Å². The summed E-state index contributed by atoms with van der Waals surface area (Å²) < 4.78 is 10.8. The molecule has 0 bridgehead atoms. The van der Waals surface area contributed by atoms with Gasteiger partial charge in [0.05, 0.1) is 31.4 Å². The first kappa shape index (κ1) is 21.2. The molecule has 11 nitrogen and oxygen atoms in total. The maximum atomic E-state index is 12.3. The largest absolute Gasteiger partial charge is 0.378 e. The lowest BCUT2D eigenvalue weighted by atomic mass is 10.0. The summed E-state index contributed by atoms with van der Waals surface area (Å²) in [5.74, 6) is -1.30. The number of hydrogen-bond donors (Lipinski definition) is 2. The van der Waals surface area contributed by atoms with Crippen LogP contribution in [0.2, 0.25) is 0 Å². The van der Waals surface area contributed by atoms with Gasteiger partial charge in [0.15, 0.2) is 5.11 Å². The topological polar surface area (TPSA) is 126 Å². The second kappa shape index (κ2) is 8.96. The van der Waals surface area contributed by atoms with Crippen LogP contribution in [0.25, 0.3) is 6.08 Å². The third-order valence-corrected chi connectivity index (χ3v) is 5.47. The molecule has 0 saturated carbocycles. The van der Waals surface area contributed by atoms with E-state index in [1.165, 1.54) is 12.1 Å². The second-order valence-corrected chi connectivity index (χ2v) is 7.56. The van der Waals surface area contributed by atoms with E-state index in [4.69, 9.17) is 21.7 Å². The third-order valence-electron chi connectivity index (χ3n) is 5.27. The summed E-state index contributed by atoms with van der Waals surface area (Å²) in [6, 6.07) is 3.17. The van der Waals surface area contributed by atoms with E-state index in [0.717, 1.165) is 0 Å². The van der Waals surface area contributed by atoms with Gasteiger partial charge in [0.1, 0.15) is 11.3 Å². The number of ether oxygens (including phenoxy) is 2. The molecule has 3 aliphatic heterocycles. The van der Waals surface area contributed by atoms with Gasteiger partial charge in [-0.25, -0.2) is 0 Å². The Morgan fingerprint density at radius 3 is 1.97 bits per heavy atom. The number of hydrogen-bond acceptors (Lipinski definition) is 9. The summed E-state index contributed by atoms with van der Waals surface area (Å²) in [6.45, 7) is 4.21. The lowest BCUT2D eigenvalue weighted by Gasteiger charge is -2.33. The molecule has 0 aromatic heterocycles.